The largest absolute Gasteiger partial charge is 0.462 e. The molecule has 5 aliphatic rings. The van der Waals surface area contributed by atoms with Gasteiger partial charge in [-0.2, -0.15) is 0 Å². The second kappa shape index (κ2) is 8.21. The van der Waals surface area contributed by atoms with E-state index in [-0.39, 0.29) is 41.0 Å². The lowest BCUT2D eigenvalue weighted by Gasteiger charge is -2.49. The Morgan fingerprint density at radius 3 is 2.67 bits per heavy atom. The number of fused-ring (bicyclic) bond motifs is 2. The number of epoxide rings is 1. The zero-order valence-electron chi connectivity index (χ0n) is 20.1. The van der Waals surface area contributed by atoms with Crippen molar-refractivity contribution in [1.82, 2.24) is 9.80 Å². The molecular formula is C28H38N2O3. The lowest BCUT2D eigenvalue weighted by molar-refractivity contribution is -0.146. The predicted octanol–water partition coefficient (Wildman–Crippen LogP) is 3.84. The Hall–Kier alpha value is -1.69. The first-order valence-electron chi connectivity index (χ1n) is 13.0. The van der Waals surface area contributed by atoms with Gasteiger partial charge in [0.25, 0.3) is 0 Å². The Morgan fingerprint density at radius 1 is 1.12 bits per heavy atom. The number of rotatable bonds is 5. The van der Waals surface area contributed by atoms with Crippen molar-refractivity contribution in [1.29, 1.82) is 0 Å². The highest BCUT2D eigenvalue weighted by atomic mass is 16.6. The summed E-state index contributed by atoms with van der Waals surface area (Å²) in [5, 5.41) is 0. The van der Waals surface area contributed by atoms with Gasteiger partial charge in [0.1, 0.15) is 11.7 Å². The maximum absolute atomic E-state index is 13.0. The number of hydrogen-bond acceptors (Lipinski definition) is 5. The van der Waals surface area contributed by atoms with Gasteiger partial charge in [-0.3, -0.25) is 14.6 Å². The number of benzene rings is 1. The van der Waals surface area contributed by atoms with Gasteiger partial charge in [0.15, 0.2) is 0 Å². The van der Waals surface area contributed by atoms with E-state index in [9.17, 15) is 4.79 Å². The second-order valence-electron chi connectivity index (χ2n) is 11.5. The van der Waals surface area contributed by atoms with E-state index in [4.69, 9.17) is 9.47 Å². The van der Waals surface area contributed by atoms with Crippen LogP contribution in [0.5, 0.6) is 0 Å². The fourth-order valence-corrected chi connectivity index (χ4v) is 7.78. The van der Waals surface area contributed by atoms with Crippen LogP contribution >= 0.6 is 0 Å². The molecule has 7 unspecified atom stereocenters. The normalized spacial score (nSPS) is 43.1. The van der Waals surface area contributed by atoms with Crippen LogP contribution in [0.15, 0.2) is 36.4 Å². The Bertz CT molecular complexity index is 911. The zero-order valence-corrected chi connectivity index (χ0v) is 20.1. The van der Waals surface area contributed by atoms with Gasteiger partial charge < -0.3 is 9.47 Å². The molecule has 0 radical (unpaired) electrons. The van der Waals surface area contributed by atoms with Crippen LogP contribution in [0.1, 0.15) is 45.1 Å². The number of piperazine rings is 1. The molecule has 1 spiro atoms. The average molecular weight is 451 g/mol. The number of carbonyl (C=O) groups is 1. The van der Waals surface area contributed by atoms with E-state index < -0.39 is 0 Å². The fraction of sp³-hybridized carbons (Fsp3) is 0.679. The minimum absolute atomic E-state index is 0.00241. The quantitative estimate of drug-likeness (QED) is 0.504. The first-order chi connectivity index (χ1) is 16.0. The van der Waals surface area contributed by atoms with Gasteiger partial charge in [0, 0.05) is 50.6 Å². The third-order valence-corrected chi connectivity index (χ3v) is 9.59. The highest BCUT2D eigenvalue weighted by Gasteiger charge is 2.78. The molecule has 5 nitrogen and oxygen atoms in total. The van der Waals surface area contributed by atoms with Crippen LogP contribution in [0.4, 0.5) is 0 Å². The molecule has 3 aliphatic heterocycles. The average Bonchev–Trinajstić information content (AvgIpc) is 3.50. The standard InChI is InChI=1S/C28H38N2O3/c1-20-8-6-12-27(2)18-23-24(25-28(20,27)33-25)22(26(31)32-23)19-30-16-14-29(15-17-30)13-7-11-21-9-4-3-5-10-21/h3-5,7,9-11,20,22-25H,6,8,12-19H2,1-2H3. The van der Waals surface area contributed by atoms with Crippen molar-refractivity contribution in [2.24, 2.45) is 23.2 Å². The third-order valence-electron chi connectivity index (χ3n) is 9.59. The summed E-state index contributed by atoms with van der Waals surface area (Å²) >= 11 is 0. The number of esters is 1. The van der Waals surface area contributed by atoms with Crippen LogP contribution in [0.3, 0.4) is 0 Å². The number of nitrogens with zero attached hydrogens (tertiary/aromatic N) is 2. The van der Waals surface area contributed by atoms with Crippen molar-refractivity contribution in [2.75, 3.05) is 39.3 Å². The van der Waals surface area contributed by atoms with Crippen LogP contribution in [-0.4, -0.2) is 72.8 Å². The SMILES string of the molecule is CC1CCCC2(C)CC3OC(=O)C(CN4CCN(CC=Cc5ccccc5)CC4)C3C3OC132. The van der Waals surface area contributed by atoms with Crippen LogP contribution in [0.25, 0.3) is 6.08 Å². The summed E-state index contributed by atoms with van der Waals surface area (Å²) in [4.78, 5) is 18.0. The first-order valence-corrected chi connectivity index (χ1v) is 13.0. The molecule has 1 aromatic carbocycles. The van der Waals surface area contributed by atoms with E-state index in [2.05, 4.69) is 66.1 Å². The van der Waals surface area contributed by atoms with Gasteiger partial charge in [0.05, 0.1) is 12.0 Å². The third kappa shape index (κ3) is 3.59. The van der Waals surface area contributed by atoms with Crippen LogP contribution in [0.2, 0.25) is 0 Å². The summed E-state index contributed by atoms with van der Waals surface area (Å²) in [5.74, 6) is 0.838. The van der Waals surface area contributed by atoms with E-state index in [0.29, 0.717) is 5.92 Å². The van der Waals surface area contributed by atoms with Crippen molar-refractivity contribution >= 4 is 12.0 Å². The zero-order chi connectivity index (χ0) is 22.6. The Labute approximate surface area is 198 Å². The predicted molar refractivity (Wildman–Crippen MR) is 129 cm³/mol. The maximum atomic E-state index is 13.0. The van der Waals surface area contributed by atoms with E-state index in [1.54, 1.807) is 0 Å². The van der Waals surface area contributed by atoms with E-state index in [1.807, 2.05) is 0 Å². The van der Waals surface area contributed by atoms with Gasteiger partial charge in [0.2, 0.25) is 0 Å². The number of carbonyl (C=O) groups excluding carboxylic acids is 1. The smallest absolute Gasteiger partial charge is 0.311 e. The van der Waals surface area contributed by atoms with Crippen molar-refractivity contribution in [3.05, 3.63) is 42.0 Å². The van der Waals surface area contributed by atoms with Gasteiger partial charge in [-0.1, -0.05) is 62.8 Å². The molecule has 3 saturated heterocycles. The highest BCUT2D eigenvalue weighted by molar-refractivity contribution is 5.76. The molecule has 7 atom stereocenters. The highest BCUT2D eigenvalue weighted by Crippen LogP contribution is 2.70. The van der Waals surface area contributed by atoms with Crippen molar-refractivity contribution in [3.63, 3.8) is 0 Å². The second-order valence-corrected chi connectivity index (χ2v) is 11.5. The summed E-state index contributed by atoms with van der Waals surface area (Å²) < 4.78 is 12.6. The van der Waals surface area contributed by atoms with Crippen molar-refractivity contribution < 1.29 is 14.3 Å². The van der Waals surface area contributed by atoms with Gasteiger partial charge >= 0.3 is 5.97 Å². The molecule has 0 N–H and O–H groups in total. The Balaban J connectivity index is 1.06. The van der Waals surface area contributed by atoms with Crippen molar-refractivity contribution in [3.8, 4) is 0 Å². The molecular weight excluding hydrogens is 412 g/mol. The fourth-order valence-electron chi connectivity index (χ4n) is 7.78. The summed E-state index contributed by atoms with van der Waals surface area (Å²) in [6, 6.07) is 10.5. The van der Waals surface area contributed by atoms with Gasteiger partial charge in [-0.05, 0) is 30.7 Å². The van der Waals surface area contributed by atoms with E-state index in [1.165, 1.54) is 24.8 Å². The monoisotopic (exact) mass is 450 g/mol. The summed E-state index contributed by atoms with van der Waals surface area (Å²) in [5.41, 5.74) is 1.42. The minimum Gasteiger partial charge on any atom is -0.462 e. The number of ether oxygens (including phenoxy) is 2. The molecule has 0 bridgehead atoms. The molecule has 1 aromatic rings. The Kier molecular flexibility index (Phi) is 5.43. The van der Waals surface area contributed by atoms with E-state index >= 15 is 0 Å². The molecule has 0 aromatic heterocycles. The maximum Gasteiger partial charge on any atom is 0.311 e. The van der Waals surface area contributed by atoms with Gasteiger partial charge in [-0.25, -0.2) is 0 Å². The molecule has 2 aliphatic carbocycles. The summed E-state index contributed by atoms with van der Waals surface area (Å²) in [6.45, 7) is 10.7. The van der Waals surface area contributed by atoms with Crippen LogP contribution in [-0.2, 0) is 14.3 Å². The number of hydrogen-bond donors (Lipinski definition) is 0. The lowest BCUT2D eigenvalue weighted by Crippen LogP contribution is -2.55. The minimum atomic E-state index is -0.0254. The lowest BCUT2D eigenvalue weighted by atomic mass is 9.53. The molecule has 0 amide bonds. The molecule has 33 heavy (non-hydrogen) atoms. The molecule has 5 heteroatoms. The topological polar surface area (TPSA) is 45.3 Å². The summed E-state index contributed by atoms with van der Waals surface area (Å²) in [6.07, 6.45) is 9.47. The molecule has 5 fully saturated rings. The van der Waals surface area contributed by atoms with Crippen LogP contribution < -0.4 is 0 Å². The van der Waals surface area contributed by atoms with Gasteiger partial charge in [-0.15, -0.1) is 0 Å². The first kappa shape index (κ1) is 21.8. The molecule has 178 valence electrons. The summed E-state index contributed by atoms with van der Waals surface area (Å²) in [7, 11) is 0. The van der Waals surface area contributed by atoms with E-state index in [0.717, 1.165) is 45.7 Å². The molecule has 2 saturated carbocycles. The van der Waals surface area contributed by atoms with Crippen molar-refractivity contribution in [2.45, 2.75) is 57.3 Å². The Morgan fingerprint density at radius 2 is 1.88 bits per heavy atom. The van der Waals surface area contributed by atoms with Crippen LogP contribution in [0, 0.1) is 23.2 Å². The molecule has 6 rings (SSSR count). The molecule has 3 heterocycles.